The summed E-state index contributed by atoms with van der Waals surface area (Å²) in [6.07, 6.45) is 12.2. The number of benzene rings is 2. The zero-order chi connectivity index (χ0) is 19.8. The van der Waals surface area contributed by atoms with Crippen LogP contribution in [0.25, 0.3) is 0 Å². The number of nitrogens with one attached hydrogen (secondary N) is 1. The molecule has 0 bridgehead atoms. The predicted molar refractivity (Wildman–Crippen MR) is 117 cm³/mol. The number of imidazole rings is 1. The van der Waals surface area contributed by atoms with Crippen LogP contribution in [0.1, 0.15) is 23.7 Å². The van der Waals surface area contributed by atoms with Gasteiger partial charge in [0.1, 0.15) is 5.54 Å². The van der Waals surface area contributed by atoms with E-state index in [2.05, 4.69) is 94.4 Å². The van der Waals surface area contributed by atoms with Gasteiger partial charge < -0.3 is 9.88 Å². The van der Waals surface area contributed by atoms with Gasteiger partial charge in [-0.05, 0) is 30.7 Å². The minimum Gasteiger partial charge on any atom is -0.319 e. The molecule has 0 radical (unpaired) electrons. The van der Waals surface area contributed by atoms with Gasteiger partial charge in [0.05, 0.1) is 12.0 Å². The molecule has 3 nitrogen and oxygen atoms in total. The third-order valence-corrected chi connectivity index (χ3v) is 4.83. The minimum atomic E-state index is -0.553. The molecule has 0 unspecified atom stereocenters. The van der Waals surface area contributed by atoms with Crippen molar-refractivity contribution in [2.75, 3.05) is 7.05 Å². The van der Waals surface area contributed by atoms with Crippen molar-refractivity contribution in [1.29, 1.82) is 0 Å². The normalized spacial score (nSPS) is 12.4. The van der Waals surface area contributed by atoms with Crippen LogP contribution in [-0.2, 0) is 12.1 Å². The van der Waals surface area contributed by atoms with Gasteiger partial charge in [0.15, 0.2) is 0 Å². The second-order valence-electron chi connectivity index (χ2n) is 6.60. The van der Waals surface area contributed by atoms with Crippen molar-refractivity contribution >= 4 is 0 Å². The van der Waals surface area contributed by atoms with E-state index in [1.807, 2.05) is 38.5 Å². The Balaban J connectivity index is 2.41. The molecule has 0 atom stereocenters. The molecule has 142 valence electrons. The van der Waals surface area contributed by atoms with E-state index in [-0.39, 0.29) is 0 Å². The van der Waals surface area contributed by atoms with Crippen LogP contribution in [0.5, 0.6) is 0 Å². The highest BCUT2D eigenvalue weighted by atomic mass is 15.1. The van der Waals surface area contributed by atoms with Crippen LogP contribution in [0.2, 0.25) is 0 Å². The van der Waals surface area contributed by atoms with Crippen LogP contribution < -0.4 is 5.32 Å². The molecule has 0 aliphatic rings. The average molecular weight is 370 g/mol. The van der Waals surface area contributed by atoms with E-state index >= 15 is 0 Å². The molecule has 3 aromatic rings. The lowest BCUT2D eigenvalue weighted by atomic mass is 9.76. The van der Waals surface area contributed by atoms with E-state index in [0.29, 0.717) is 0 Å². The lowest BCUT2D eigenvalue weighted by Gasteiger charge is -2.38. The summed E-state index contributed by atoms with van der Waals surface area (Å²) in [6.45, 7) is 6.73. The van der Waals surface area contributed by atoms with E-state index < -0.39 is 5.54 Å². The lowest BCUT2D eigenvalue weighted by molar-refractivity contribution is 0.512. The maximum absolute atomic E-state index is 4.65. The van der Waals surface area contributed by atoms with Gasteiger partial charge in [0, 0.05) is 12.7 Å². The van der Waals surface area contributed by atoms with Gasteiger partial charge in [-0.15, -0.1) is 0 Å². The van der Waals surface area contributed by atoms with Crippen LogP contribution in [0.4, 0.5) is 0 Å². The fraction of sp³-hybridized carbons (Fsp3) is 0.160. The molecule has 0 aliphatic carbocycles. The van der Waals surface area contributed by atoms with Gasteiger partial charge in [0.2, 0.25) is 0 Å². The Morgan fingerprint density at radius 3 is 2.18 bits per heavy atom. The Kier molecular flexibility index (Phi) is 6.41. The van der Waals surface area contributed by atoms with Crippen molar-refractivity contribution in [2.24, 2.45) is 0 Å². The van der Waals surface area contributed by atoms with Crippen molar-refractivity contribution in [3.8, 4) is 0 Å². The number of rotatable bonds is 8. The molecular weight excluding hydrogens is 342 g/mol. The first kappa shape index (κ1) is 19.6. The Morgan fingerprint density at radius 2 is 1.68 bits per heavy atom. The largest absolute Gasteiger partial charge is 0.319 e. The number of hydrogen-bond donors (Lipinski definition) is 1. The zero-order valence-electron chi connectivity index (χ0n) is 16.5. The highest BCUT2D eigenvalue weighted by molar-refractivity contribution is 5.53. The average Bonchev–Trinajstić information content (AvgIpc) is 3.20. The van der Waals surface area contributed by atoms with E-state index in [9.17, 15) is 0 Å². The van der Waals surface area contributed by atoms with Crippen LogP contribution in [0, 0.1) is 0 Å². The van der Waals surface area contributed by atoms with Crippen molar-refractivity contribution in [3.63, 3.8) is 0 Å². The molecule has 1 N–H and O–H groups in total. The monoisotopic (exact) mass is 369 g/mol. The topological polar surface area (TPSA) is 29.9 Å². The Labute approximate surface area is 167 Å². The van der Waals surface area contributed by atoms with E-state index in [4.69, 9.17) is 0 Å². The lowest BCUT2D eigenvalue weighted by Crippen LogP contribution is -2.37. The van der Waals surface area contributed by atoms with Gasteiger partial charge in [-0.3, -0.25) is 0 Å². The zero-order valence-corrected chi connectivity index (χ0v) is 16.5. The minimum absolute atomic E-state index is 0.553. The predicted octanol–water partition coefficient (Wildman–Crippen LogP) is 5.08. The Morgan fingerprint density at radius 1 is 1.07 bits per heavy atom. The first-order chi connectivity index (χ1) is 13.8. The molecule has 28 heavy (non-hydrogen) atoms. The summed E-state index contributed by atoms with van der Waals surface area (Å²) in [4.78, 5) is 4.65. The summed E-state index contributed by atoms with van der Waals surface area (Å²) in [5, 5.41) is 3.19. The van der Waals surface area contributed by atoms with Gasteiger partial charge in [-0.25, -0.2) is 4.98 Å². The molecule has 2 aromatic carbocycles. The third kappa shape index (κ3) is 3.62. The smallest absolute Gasteiger partial charge is 0.121 e. The van der Waals surface area contributed by atoms with Gasteiger partial charge in [-0.2, -0.15) is 0 Å². The highest BCUT2D eigenvalue weighted by Crippen LogP contribution is 2.41. The summed E-state index contributed by atoms with van der Waals surface area (Å²) in [5.41, 5.74) is 3.90. The number of hydrogen-bond acceptors (Lipinski definition) is 2. The van der Waals surface area contributed by atoms with E-state index in [1.54, 1.807) is 0 Å². The number of allylic oxidation sites excluding steroid dienone is 5. The van der Waals surface area contributed by atoms with Crippen LogP contribution in [-0.4, -0.2) is 16.6 Å². The van der Waals surface area contributed by atoms with Crippen molar-refractivity contribution in [2.45, 2.75) is 19.0 Å². The fourth-order valence-electron chi connectivity index (χ4n) is 3.73. The first-order valence-electron chi connectivity index (χ1n) is 9.52. The summed E-state index contributed by atoms with van der Waals surface area (Å²) in [5.74, 6) is 0. The molecule has 0 amide bonds. The van der Waals surface area contributed by atoms with Gasteiger partial charge >= 0.3 is 0 Å². The first-order valence-corrected chi connectivity index (χ1v) is 9.52. The molecule has 1 aromatic heterocycles. The molecule has 3 rings (SSSR count). The standard InChI is InChI=1S/C25H27N3/c1-4-12-21(13-5-2)25(22-14-8-6-9-15-22,23-16-10-7-11-17-23)28-19-24(18-26-3)27-20-28/h4-17,19-20,26H,1,18H2,2-3H3/b13-5-,21-12+. The van der Waals surface area contributed by atoms with E-state index in [1.165, 1.54) is 11.1 Å². The van der Waals surface area contributed by atoms with Crippen molar-refractivity contribution in [1.82, 2.24) is 14.9 Å². The third-order valence-electron chi connectivity index (χ3n) is 4.83. The molecular formula is C25H27N3. The number of nitrogens with zero attached hydrogens (tertiary/aromatic N) is 2. The van der Waals surface area contributed by atoms with Crippen molar-refractivity contribution in [3.05, 3.63) is 126 Å². The number of aromatic nitrogens is 2. The summed E-state index contributed by atoms with van der Waals surface area (Å²) in [7, 11) is 1.93. The highest BCUT2D eigenvalue weighted by Gasteiger charge is 2.39. The van der Waals surface area contributed by atoms with Gasteiger partial charge in [-0.1, -0.05) is 91.5 Å². The second-order valence-corrected chi connectivity index (χ2v) is 6.60. The molecule has 1 heterocycles. The van der Waals surface area contributed by atoms with Crippen LogP contribution >= 0.6 is 0 Å². The quantitative estimate of drug-likeness (QED) is 0.561. The molecule has 0 fully saturated rings. The summed E-state index contributed by atoms with van der Waals surface area (Å²) >= 11 is 0. The summed E-state index contributed by atoms with van der Waals surface area (Å²) in [6, 6.07) is 21.1. The van der Waals surface area contributed by atoms with Gasteiger partial charge in [0.25, 0.3) is 0 Å². The SMILES string of the molecule is C=C/C=C(\C=C/C)C(c1ccccc1)(c1ccccc1)n1cnc(CNC)c1. The molecule has 0 saturated heterocycles. The fourth-order valence-corrected chi connectivity index (χ4v) is 3.73. The Hall–Kier alpha value is -3.17. The maximum Gasteiger partial charge on any atom is 0.121 e. The summed E-state index contributed by atoms with van der Waals surface area (Å²) < 4.78 is 2.21. The molecule has 0 aliphatic heterocycles. The molecule has 0 saturated carbocycles. The molecule has 0 spiro atoms. The second kappa shape index (κ2) is 9.16. The van der Waals surface area contributed by atoms with E-state index in [0.717, 1.165) is 17.8 Å². The maximum atomic E-state index is 4.65. The Bertz CT molecular complexity index is 910. The van der Waals surface area contributed by atoms with Crippen LogP contribution in [0.15, 0.2) is 110 Å². The van der Waals surface area contributed by atoms with Crippen molar-refractivity contribution < 1.29 is 0 Å². The van der Waals surface area contributed by atoms with Crippen LogP contribution in [0.3, 0.4) is 0 Å². The molecule has 3 heteroatoms.